The second-order valence-corrected chi connectivity index (χ2v) is 7.42. The molecular weight excluding hydrogens is 428 g/mol. The summed E-state index contributed by atoms with van der Waals surface area (Å²) < 4.78 is 13.8. The molecule has 0 unspecified atom stereocenters. The number of methoxy groups -OCH3 is 1. The van der Waals surface area contributed by atoms with Gasteiger partial charge in [0.2, 0.25) is 11.7 Å². The molecule has 0 bridgehead atoms. The minimum Gasteiger partial charge on any atom is -0.496 e. The lowest BCUT2D eigenvalue weighted by Crippen LogP contribution is -1.95. The van der Waals surface area contributed by atoms with Crippen molar-refractivity contribution in [2.24, 2.45) is 0 Å². The van der Waals surface area contributed by atoms with Gasteiger partial charge in [0.05, 0.1) is 18.4 Å². The molecule has 0 aliphatic heterocycles. The Balaban J connectivity index is 1.50. The van der Waals surface area contributed by atoms with E-state index in [1.165, 1.54) is 11.8 Å². The van der Waals surface area contributed by atoms with Crippen LogP contribution < -0.4 is 4.74 Å². The van der Waals surface area contributed by atoms with Gasteiger partial charge in [0, 0.05) is 22.6 Å². The normalized spacial score (nSPS) is 10.9. The molecule has 0 fully saturated rings. The Labute approximate surface area is 168 Å². The molecular formula is C19H15BrN4O2S. The molecule has 0 aliphatic carbocycles. The summed E-state index contributed by atoms with van der Waals surface area (Å²) in [5, 5.41) is 4.93. The number of para-hydroxylation sites is 1. The molecule has 0 spiro atoms. The average molecular weight is 443 g/mol. The molecule has 2 heterocycles. The average Bonchev–Trinajstić information content (AvgIpc) is 3.36. The summed E-state index contributed by atoms with van der Waals surface area (Å²) in [5.41, 5.74) is 1.84. The van der Waals surface area contributed by atoms with Gasteiger partial charge in [-0.3, -0.25) is 4.57 Å². The highest BCUT2D eigenvalue weighted by atomic mass is 79.9. The highest BCUT2D eigenvalue weighted by molar-refractivity contribution is 9.10. The number of imidazole rings is 1. The fraction of sp³-hybridized carbons (Fsp3) is 0.105. The quantitative estimate of drug-likeness (QED) is 0.392. The molecule has 2 aromatic heterocycles. The van der Waals surface area contributed by atoms with Gasteiger partial charge in [-0.2, -0.15) is 4.98 Å². The van der Waals surface area contributed by atoms with E-state index in [4.69, 9.17) is 9.26 Å². The summed E-state index contributed by atoms with van der Waals surface area (Å²) in [6, 6.07) is 15.7. The molecule has 0 aliphatic rings. The SMILES string of the molecule is COc1ccccc1-c1noc(CSc2nccn2-c2ccc(Br)cc2)n1. The van der Waals surface area contributed by atoms with Crippen LogP contribution in [0.4, 0.5) is 0 Å². The van der Waals surface area contributed by atoms with Crippen molar-refractivity contribution in [2.75, 3.05) is 7.11 Å². The van der Waals surface area contributed by atoms with Crippen LogP contribution in [0.1, 0.15) is 5.89 Å². The van der Waals surface area contributed by atoms with Gasteiger partial charge in [-0.25, -0.2) is 4.98 Å². The standard InChI is InChI=1S/C19H15BrN4O2S/c1-25-16-5-3-2-4-15(16)18-22-17(26-23-18)12-27-19-21-10-11-24(19)14-8-6-13(20)7-9-14/h2-11H,12H2,1H3. The van der Waals surface area contributed by atoms with Gasteiger partial charge in [0.15, 0.2) is 5.16 Å². The predicted molar refractivity (Wildman–Crippen MR) is 107 cm³/mol. The highest BCUT2D eigenvalue weighted by Crippen LogP contribution is 2.29. The van der Waals surface area contributed by atoms with Gasteiger partial charge in [0.25, 0.3) is 0 Å². The number of halogens is 1. The summed E-state index contributed by atoms with van der Waals surface area (Å²) >= 11 is 4.99. The van der Waals surface area contributed by atoms with Gasteiger partial charge in [-0.05, 0) is 36.4 Å². The Hall–Kier alpha value is -2.58. The van der Waals surface area contributed by atoms with Crippen LogP contribution in [0.3, 0.4) is 0 Å². The lowest BCUT2D eigenvalue weighted by atomic mass is 10.2. The fourth-order valence-electron chi connectivity index (χ4n) is 2.57. The maximum Gasteiger partial charge on any atom is 0.237 e. The van der Waals surface area contributed by atoms with Crippen LogP contribution in [0.5, 0.6) is 5.75 Å². The van der Waals surface area contributed by atoms with Crippen LogP contribution in [0.2, 0.25) is 0 Å². The first-order valence-electron chi connectivity index (χ1n) is 8.12. The first-order chi connectivity index (χ1) is 13.2. The van der Waals surface area contributed by atoms with Gasteiger partial charge in [-0.1, -0.05) is 45.0 Å². The van der Waals surface area contributed by atoms with Crippen molar-refractivity contribution in [3.63, 3.8) is 0 Å². The van der Waals surface area contributed by atoms with Crippen molar-refractivity contribution in [2.45, 2.75) is 10.9 Å². The highest BCUT2D eigenvalue weighted by Gasteiger charge is 2.14. The zero-order chi connectivity index (χ0) is 18.6. The molecule has 0 saturated carbocycles. The van der Waals surface area contributed by atoms with Crippen molar-refractivity contribution < 1.29 is 9.26 Å². The number of aromatic nitrogens is 4. The minimum absolute atomic E-state index is 0.513. The molecule has 0 amide bonds. The second kappa shape index (κ2) is 7.98. The third kappa shape index (κ3) is 3.91. The summed E-state index contributed by atoms with van der Waals surface area (Å²) in [6.07, 6.45) is 3.71. The van der Waals surface area contributed by atoms with E-state index in [0.717, 1.165) is 20.9 Å². The number of ether oxygens (including phenoxy) is 1. The number of nitrogens with zero attached hydrogens (tertiary/aromatic N) is 4. The monoisotopic (exact) mass is 442 g/mol. The van der Waals surface area contributed by atoms with Gasteiger partial charge in [-0.15, -0.1) is 0 Å². The third-order valence-corrected chi connectivity index (χ3v) is 5.33. The van der Waals surface area contributed by atoms with Crippen LogP contribution in [0.25, 0.3) is 17.1 Å². The lowest BCUT2D eigenvalue weighted by Gasteiger charge is -2.06. The first kappa shape index (κ1) is 17.8. The van der Waals surface area contributed by atoms with E-state index in [1.807, 2.05) is 59.3 Å². The number of hydrogen-bond acceptors (Lipinski definition) is 6. The van der Waals surface area contributed by atoms with E-state index >= 15 is 0 Å². The number of thioether (sulfide) groups is 1. The van der Waals surface area contributed by atoms with Crippen molar-refractivity contribution in [1.82, 2.24) is 19.7 Å². The van der Waals surface area contributed by atoms with E-state index in [2.05, 4.69) is 31.1 Å². The van der Waals surface area contributed by atoms with Crippen LogP contribution in [-0.2, 0) is 5.75 Å². The Morgan fingerprint density at radius 2 is 1.96 bits per heavy atom. The maximum atomic E-state index is 5.40. The molecule has 0 N–H and O–H groups in total. The van der Waals surface area contributed by atoms with Crippen molar-refractivity contribution in [3.05, 3.63) is 71.3 Å². The zero-order valence-electron chi connectivity index (χ0n) is 14.4. The molecule has 27 heavy (non-hydrogen) atoms. The van der Waals surface area contributed by atoms with E-state index in [9.17, 15) is 0 Å². The van der Waals surface area contributed by atoms with Crippen molar-refractivity contribution >= 4 is 27.7 Å². The molecule has 0 saturated heterocycles. The summed E-state index contributed by atoms with van der Waals surface area (Å²) in [6.45, 7) is 0. The van der Waals surface area contributed by atoms with Crippen molar-refractivity contribution in [1.29, 1.82) is 0 Å². The number of rotatable bonds is 6. The van der Waals surface area contributed by atoms with Crippen LogP contribution >= 0.6 is 27.7 Å². The zero-order valence-corrected chi connectivity index (χ0v) is 16.8. The molecule has 2 aromatic carbocycles. The maximum absolute atomic E-state index is 5.40. The third-order valence-electron chi connectivity index (χ3n) is 3.85. The molecule has 8 heteroatoms. The minimum atomic E-state index is 0.513. The smallest absolute Gasteiger partial charge is 0.237 e. The molecule has 4 aromatic rings. The molecule has 0 radical (unpaired) electrons. The summed E-state index contributed by atoms with van der Waals surface area (Å²) in [7, 11) is 1.62. The number of benzene rings is 2. The van der Waals surface area contributed by atoms with E-state index in [-0.39, 0.29) is 0 Å². The van der Waals surface area contributed by atoms with Crippen LogP contribution in [0.15, 0.2) is 75.1 Å². The Morgan fingerprint density at radius 1 is 1.15 bits per heavy atom. The van der Waals surface area contributed by atoms with Crippen molar-refractivity contribution in [3.8, 4) is 22.8 Å². The topological polar surface area (TPSA) is 66.0 Å². The molecule has 6 nitrogen and oxygen atoms in total. The van der Waals surface area contributed by atoms with Crippen LogP contribution in [-0.4, -0.2) is 26.8 Å². The summed E-state index contributed by atoms with van der Waals surface area (Å²) in [5.74, 6) is 2.28. The predicted octanol–water partition coefficient (Wildman–Crippen LogP) is 4.99. The number of hydrogen-bond donors (Lipinski definition) is 0. The van der Waals surface area contributed by atoms with Gasteiger partial charge < -0.3 is 9.26 Å². The van der Waals surface area contributed by atoms with Crippen LogP contribution in [0, 0.1) is 0 Å². The first-order valence-corrected chi connectivity index (χ1v) is 9.90. The Kier molecular flexibility index (Phi) is 5.26. The second-order valence-electron chi connectivity index (χ2n) is 5.56. The Morgan fingerprint density at radius 3 is 2.78 bits per heavy atom. The van der Waals surface area contributed by atoms with Gasteiger partial charge in [0.1, 0.15) is 5.75 Å². The molecule has 0 atom stereocenters. The largest absolute Gasteiger partial charge is 0.496 e. The van der Waals surface area contributed by atoms with Gasteiger partial charge >= 0.3 is 0 Å². The molecule has 4 rings (SSSR count). The van der Waals surface area contributed by atoms with E-state index in [0.29, 0.717) is 23.2 Å². The van der Waals surface area contributed by atoms with E-state index in [1.54, 1.807) is 13.3 Å². The summed E-state index contributed by atoms with van der Waals surface area (Å²) in [4.78, 5) is 8.91. The molecule has 136 valence electrons. The Bertz CT molecular complexity index is 1050. The fourth-order valence-corrected chi connectivity index (χ4v) is 3.65. The lowest BCUT2D eigenvalue weighted by molar-refractivity contribution is 0.390. The van der Waals surface area contributed by atoms with E-state index < -0.39 is 0 Å².